The van der Waals surface area contributed by atoms with Crippen LogP contribution in [0.3, 0.4) is 0 Å². The molecule has 2 aromatic heterocycles. The van der Waals surface area contributed by atoms with Crippen molar-refractivity contribution < 1.29 is 4.42 Å². The van der Waals surface area contributed by atoms with Gasteiger partial charge in [-0.25, -0.2) is 4.98 Å². The highest BCUT2D eigenvalue weighted by Crippen LogP contribution is 2.23. The maximum atomic E-state index is 5.27. The summed E-state index contributed by atoms with van der Waals surface area (Å²) in [5.41, 5.74) is 0.977. The van der Waals surface area contributed by atoms with E-state index < -0.39 is 0 Å². The van der Waals surface area contributed by atoms with E-state index in [1.165, 1.54) is 0 Å². The SMILES string of the molecule is CC(C)(C)c1ncc(-c2ccco2)[nH]1. The van der Waals surface area contributed by atoms with Crippen molar-refractivity contribution in [3.8, 4) is 11.5 Å². The second-order valence-corrected chi connectivity index (χ2v) is 4.37. The van der Waals surface area contributed by atoms with Crippen molar-refractivity contribution in [1.82, 2.24) is 9.97 Å². The first-order chi connectivity index (χ1) is 6.57. The summed E-state index contributed by atoms with van der Waals surface area (Å²) >= 11 is 0. The van der Waals surface area contributed by atoms with Gasteiger partial charge in [0.15, 0.2) is 5.76 Å². The summed E-state index contributed by atoms with van der Waals surface area (Å²) in [6.45, 7) is 6.37. The molecule has 0 aliphatic carbocycles. The van der Waals surface area contributed by atoms with Crippen molar-refractivity contribution in [2.75, 3.05) is 0 Å². The molecule has 2 heterocycles. The van der Waals surface area contributed by atoms with E-state index in [2.05, 4.69) is 30.7 Å². The first kappa shape index (κ1) is 9.06. The van der Waals surface area contributed by atoms with E-state index in [0.29, 0.717) is 0 Å². The zero-order chi connectivity index (χ0) is 10.2. The minimum atomic E-state index is 0.0465. The molecule has 0 unspecified atom stereocenters. The topological polar surface area (TPSA) is 41.8 Å². The Labute approximate surface area is 83.2 Å². The quantitative estimate of drug-likeness (QED) is 0.751. The van der Waals surface area contributed by atoms with Crippen molar-refractivity contribution in [3.63, 3.8) is 0 Å². The molecule has 14 heavy (non-hydrogen) atoms. The number of aromatic amines is 1. The fourth-order valence-corrected chi connectivity index (χ4v) is 1.26. The van der Waals surface area contributed by atoms with Crippen LogP contribution in [0.4, 0.5) is 0 Å². The Morgan fingerprint density at radius 1 is 1.36 bits per heavy atom. The summed E-state index contributed by atoms with van der Waals surface area (Å²) in [6.07, 6.45) is 3.46. The summed E-state index contributed by atoms with van der Waals surface area (Å²) in [4.78, 5) is 7.58. The van der Waals surface area contributed by atoms with E-state index in [1.807, 2.05) is 12.1 Å². The van der Waals surface area contributed by atoms with Crippen molar-refractivity contribution in [2.24, 2.45) is 0 Å². The summed E-state index contributed by atoms with van der Waals surface area (Å²) in [5, 5.41) is 0. The van der Waals surface area contributed by atoms with Crippen LogP contribution in [0.1, 0.15) is 26.6 Å². The molecule has 0 saturated heterocycles. The van der Waals surface area contributed by atoms with Crippen LogP contribution in [-0.2, 0) is 5.41 Å². The van der Waals surface area contributed by atoms with Gasteiger partial charge in [0.25, 0.3) is 0 Å². The average Bonchev–Trinajstić information content (AvgIpc) is 2.73. The molecule has 2 rings (SSSR count). The Balaban J connectivity index is 2.36. The number of nitrogens with one attached hydrogen (secondary N) is 1. The van der Waals surface area contributed by atoms with Crippen LogP contribution in [0.5, 0.6) is 0 Å². The maximum Gasteiger partial charge on any atom is 0.151 e. The lowest BCUT2D eigenvalue weighted by Crippen LogP contribution is -2.13. The summed E-state index contributed by atoms with van der Waals surface area (Å²) in [5.74, 6) is 1.80. The highest BCUT2D eigenvalue weighted by molar-refractivity contribution is 5.50. The average molecular weight is 190 g/mol. The number of imidazole rings is 1. The van der Waals surface area contributed by atoms with Gasteiger partial charge in [-0.05, 0) is 12.1 Å². The molecule has 0 fully saturated rings. The van der Waals surface area contributed by atoms with E-state index in [1.54, 1.807) is 12.5 Å². The van der Waals surface area contributed by atoms with Gasteiger partial charge in [0.1, 0.15) is 11.5 Å². The molecule has 0 saturated carbocycles. The zero-order valence-corrected chi connectivity index (χ0v) is 8.66. The van der Waals surface area contributed by atoms with E-state index in [-0.39, 0.29) is 5.41 Å². The predicted octanol–water partition coefficient (Wildman–Crippen LogP) is 2.97. The summed E-state index contributed by atoms with van der Waals surface area (Å²) in [7, 11) is 0. The van der Waals surface area contributed by atoms with Crippen LogP contribution in [0, 0.1) is 0 Å². The van der Waals surface area contributed by atoms with E-state index >= 15 is 0 Å². The minimum absolute atomic E-state index is 0.0465. The van der Waals surface area contributed by atoms with Crippen LogP contribution < -0.4 is 0 Å². The Morgan fingerprint density at radius 2 is 2.14 bits per heavy atom. The molecule has 0 aliphatic rings. The van der Waals surface area contributed by atoms with Gasteiger partial charge >= 0.3 is 0 Å². The first-order valence-corrected chi connectivity index (χ1v) is 4.67. The highest BCUT2D eigenvalue weighted by Gasteiger charge is 2.18. The Hall–Kier alpha value is -1.51. The van der Waals surface area contributed by atoms with Crippen LogP contribution in [-0.4, -0.2) is 9.97 Å². The molecule has 3 nitrogen and oxygen atoms in total. The largest absolute Gasteiger partial charge is 0.463 e. The normalized spacial score (nSPS) is 11.9. The van der Waals surface area contributed by atoms with Gasteiger partial charge in [-0.2, -0.15) is 0 Å². The summed E-state index contributed by atoms with van der Waals surface area (Å²) < 4.78 is 5.27. The smallest absolute Gasteiger partial charge is 0.151 e. The fourth-order valence-electron chi connectivity index (χ4n) is 1.26. The Bertz CT molecular complexity index is 407. The lowest BCUT2D eigenvalue weighted by molar-refractivity contribution is 0.550. The van der Waals surface area contributed by atoms with Gasteiger partial charge in [0, 0.05) is 5.41 Å². The molecular weight excluding hydrogens is 176 g/mol. The number of nitrogens with zero attached hydrogens (tertiary/aromatic N) is 1. The highest BCUT2D eigenvalue weighted by atomic mass is 16.3. The van der Waals surface area contributed by atoms with Gasteiger partial charge in [0.2, 0.25) is 0 Å². The second-order valence-electron chi connectivity index (χ2n) is 4.37. The van der Waals surface area contributed by atoms with E-state index in [9.17, 15) is 0 Å². The number of rotatable bonds is 1. The first-order valence-electron chi connectivity index (χ1n) is 4.67. The van der Waals surface area contributed by atoms with Crippen molar-refractivity contribution in [2.45, 2.75) is 26.2 Å². The molecule has 0 aliphatic heterocycles. The van der Waals surface area contributed by atoms with Crippen LogP contribution in [0.25, 0.3) is 11.5 Å². The molecule has 0 amide bonds. The van der Waals surface area contributed by atoms with Gasteiger partial charge in [-0.3, -0.25) is 0 Å². The predicted molar refractivity (Wildman–Crippen MR) is 55.0 cm³/mol. The third-order valence-corrected chi connectivity index (χ3v) is 2.07. The number of hydrogen-bond acceptors (Lipinski definition) is 2. The van der Waals surface area contributed by atoms with Gasteiger partial charge in [-0.1, -0.05) is 20.8 Å². The lowest BCUT2D eigenvalue weighted by Gasteiger charge is -2.13. The third-order valence-electron chi connectivity index (χ3n) is 2.07. The number of H-pyrrole nitrogens is 1. The van der Waals surface area contributed by atoms with E-state index in [0.717, 1.165) is 17.3 Å². The molecule has 0 atom stereocenters. The van der Waals surface area contributed by atoms with Crippen molar-refractivity contribution >= 4 is 0 Å². The van der Waals surface area contributed by atoms with Gasteiger partial charge in [-0.15, -0.1) is 0 Å². The molecular formula is C11H14N2O. The Morgan fingerprint density at radius 3 is 2.64 bits per heavy atom. The van der Waals surface area contributed by atoms with Gasteiger partial charge in [0.05, 0.1) is 12.5 Å². The minimum Gasteiger partial charge on any atom is -0.463 e. The number of aromatic nitrogens is 2. The second kappa shape index (κ2) is 3.01. The molecule has 2 aromatic rings. The van der Waals surface area contributed by atoms with Gasteiger partial charge < -0.3 is 9.40 Å². The zero-order valence-electron chi connectivity index (χ0n) is 8.66. The third kappa shape index (κ3) is 1.58. The van der Waals surface area contributed by atoms with Crippen molar-refractivity contribution in [1.29, 1.82) is 0 Å². The van der Waals surface area contributed by atoms with Crippen molar-refractivity contribution in [3.05, 3.63) is 30.4 Å². The maximum absolute atomic E-state index is 5.27. The summed E-state index contributed by atoms with van der Waals surface area (Å²) in [6, 6.07) is 3.78. The van der Waals surface area contributed by atoms with E-state index in [4.69, 9.17) is 4.42 Å². The number of hydrogen-bond donors (Lipinski definition) is 1. The molecule has 74 valence electrons. The van der Waals surface area contributed by atoms with Crippen LogP contribution in [0.2, 0.25) is 0 Å². The Kier molecular flexibility index (Phi) is 1.95. The van der Waals surface area contributed by atoms with Crippen LogP contribution >= 0.6 is 0 Å². The molecule has 0 radical (unpaired) electrons. The molecule has 0 bridgehead atoms. The fraction of sp³-hybridized carbons (Fsp3) is 0.364. The molecule has 3 heteroatoms. The molecule has 0 spiro atoms. The lowest BCUT2D eigenvalue weighted by atomic mass is 9.96. The molecule has 0 aromatic carbocycles. The standard InChI is InChI=1S/C11H14N2O/c1-11(2,3)10-12-7-8(13-10)9-5-4-6-14-9/h4-7H,1-3H3,(H,12,13). The number of furan rings is 1. The van der Waals surface area contributed by atoms with Crippen LogP contribution in [0.15, 0.2) is 29.0 Å². The molecule has 1 N–H and O–H groups in total. The monoisotopic (exact) mass is 190 g/mol.